The quantitative estimate of drug-likeness (QED) is 0.0628. The standard InChI is InChI=1S/C54H88O25/c1-21-29(59)32(62)37(67)45(72-21)77-40-34(64)31(61)25(18-56)74-47(40)78-41-36(66)35(65)39(44(70)71)76-48(41)75-28-11-12-51(4)26(52(28,5)20-58)10-13-54(7)27(51)9-8-22-23-16-49(2,19-57)42(69)43(50(23,3)14-15-53(22,54)6)79-46-38(68)33(63)30(60)24(17-55)73-46/h8,21,23-43,45-48,55-69H,9-20H2,1-7H3,(H,70,71). The van der Waals surface area contributed by atoms with Gasteiger partial charge in [0, 0.05) is 16.2 Å². The molecule has 5 aliphatic carbocycles. The molecule has 8 fully saturated rings. The van der Waals surface area contributed by atoms with Crippen molar-refractivity contribution in [2.45, 2.75) is 241 Å². The zero-order chi connectivity index (χ0) is 58.0. The van der Waals surface area contributed by atoms with Crippen molar-refractivity contribution in [2.24, 2.45) is 50.2 Å². The van der Waals surface area contributed by atoms with Gasteiger partial charge < -0.3 is 120 Å². The molecule has 25 nitrogen and oxygen atoms in total. The van der Waals surface area contributed by atoms with Crippen LogP contribution in [0.3, 0.4) is 0 Å². The van der Waals surface area contributed by atoms with Crippen LogP contribution in [-0.2, 0) is 42.7 Å². The Labute approximate surface area is 458 Å². The minimum Gasteiger partial charge on any atom is -0.479 e. The highest BCUT2D eigenvalue weighted by atomic mass is 16.8. The summed E-state index contributed by atoms with van der Waals surface area (Å²) in [6.07, 6.45) is -31.5. The molecule has 9 aliphatic rings. The van der Waals surface area contributed by atoms with E-state index < -0.39 is 201 Å². The van der Waals surface area contributed by atoms with Crippen molar-refractivity contribution in [3.8, 4) is 0 Å². The highest BCUT2D eigenvalue weighted by Gasteiger charge is 2.71. The molecule has 0 bridgehead atoms. The van der Waals surface area contributed by atoms with Crippen LogP contribution in [0.25, 0.3) is 0 Å². The largest absolute Gasteiger partial charge is 0.479 e. The first-order chi connectivity index (χ1) is 37.0. The van der Waals surface area contributed by atoms with Crippen molar-refractivity contribution >= 4 is 5.97 Å². The molecule has 4 saturated carbocycles. The molecule has 4 aliphatic heterocycles. The van der Waals surface area contributed by atoms with Crippen molar-refractivity contribution in [1.29, 1.82) is 0 Å². The second kappa shape index (κ2) is 22.3. The Morgan fingerprint density at radius 2 is 1.13 bits per heavy atom. The predicted molar refractivity (Wildman–Crippen MR) is 266 cm³/mol. The summed E-state index contributed by atoms with van der Waals surface area (Å²) in [6, 6.07) is 0. The van der Waals surface area contributed by atoms with Crippen molar-refractivity contribution in [1.82, 2.24) is 0 Å². The average molecular weight is 1140 g/mol. The number of carboxylic acids is 1. The molecule has 25 heteroatoms. The van der Waals surface area contributed by atoms with E-state index in [1.807, 2.05) is 13.8 Å². The number of ether oxygens (including phenoxy) is 8. The van der Waals surface area contributed by atoms with Crippen LogP contribution < -0.4 is 0 Å². The number of hydrogen-bond donors (Lipinski definition) is 16. The Bertz CT molecular complexity index is 2190. The number of carboxylic acid groups (broad SMARTS) is 1. The molecular formula is C54H88O25. The Kier molecular flexibility index (Phi) is 17.4. The fraction of sp³-hybridized carbons (Fsp3) is 0.944. The van der Waals surface area contributed by atoms with Gasteiger partial charge in [-0.2, -0.15) is 0 Å². The summed E-state index contributed by atoms with van der Waals surface area (Å²) in [6.45, 7) is 11.6. The summed E-state index contributed by atoms with van der Waals surface area (Å²) < 4.78 is 48.6. The van der Waals surface area contributed by atoms with Gasteiger partial charge in [0.05, 0.1) is 50.8 Å². The van der Waals surface area contributed by atoms with E-state index in [4.69, 9.17) is 37.9 Å². The lowest BCUT2D eigenvalue weighted by Crippen LogP contribution is -2.69. The maximum atomic E-state index is 12.6. The van der Waals surface area contributed by atoms with E-state index in [2.05, 4.69) is 26.8 Å². The van der Waals surface area contributed by atoms with Gasteiger partial charge in [-0.25, -0.2) is 4.79 Å². The van der Waals surface area contributed by atoms with Gasteiger partial charge in [0.2, 0.25) is 0 Å². The normalized spacial score (nSPS) is 56.8. The molecule has 32 unspecified atom stereocenters. The fourth-order valence-electron chi connectivity index (χ4n) is 16.7. The van der Waals surface area contributed by atoms with Crippen LogP contribution in [0.15, 0.2) is 11.6 Å². The van der Waals surface area contributed by atoms with Crippen LogP contribution in [0.4, 0.5) is 0 Å². The molecule has 0 amide bonds. The van der Waals surface area contributed by atoms with Crippen LogP contribution >= 0.6 is 0 Å². The van der Waals surface area contributed by atoms with Crippen LogP contribution in [0, 0.1) is 50.2 Å². The first-order valence-corrected chi connectivity index (χ1v) is 28.1. The van der Waals surface area contributed by atoms with E-state index in [0.717, 1.165) is 0 Å². The molecule has 4 saturated heterocycles. The smallest absolute Gasteiger partial charge is 0.335 e. The number of aliphatic hydroxyl groups excluding tert-OH is 15. The number of carbonyl (C=O) groups is 1. The van der Waals surface area contributed by atoms with E-state index >= 15 is 0 Å². The van der Waals surface area contributed by atoms with Crippen molar-refractivity contribution < 1.29 is 124 Å². The number of hydrogen-bond acceptors (Lipinski definition) is 24. The van der Waals surface area contributed by atoms with E-state index in [0.29, 0.717) is 44.9 Å². The van der Waals surface area contributed by atoms with E-state index in [9.17, 15) is 86.5 Å². The van der Waals surface area contributed by atoms with Gasteiger partial charge in [0.25, 0.3) is 0 Å². The molecule has 0 aromatic heterocycles. The number of fused-ring (bicyclic) bond motifs is 7. The molecule has 16 N–H and O–H groups in total. The highest BCUT2D eigenvalue weighted by Crippen LogP contribution is 2.76. The highest BCUT2D eigenvalue weighted by molar-refractivity contribution is 5.73. The monoisotopic (exact) mass is 1140 g/mol. The summed E-state index contributed by atoms with van der Waals surface area (Å²) in [5.74, 6) is -2.10. The lowest BCUT2D eigenvalue weighted by molar-refractivity contribution is -0.396. The lowest BCUT2D eigenvalue weighted by atomic mass is 9.33. The molecule has 4 heterocycles. The Morgan fingerprint density at radius 3 is 1.72 bits per heavy atom. The van der Waals surface area contributed by atoms with Gasteiger partial charge in [-0.3, -0.25) is 0 Å². The minimum atomic E-state index is -2.13. The van der Waals surface area contributed by atoms with E-state index in [-0.39, 0.29) is 29.6 Å². The maximum absolute atomic E-state index is 12.6. The third kappa shape index (κ3) is 9.70. The minimum absolute atomic E-state index is 0.0271. The van der Waals surface area contributed by atoms with Crippen LogP contribution in [0.2, 0.25) is 0 Å². The first kappa shape index (κ1) is 61.8. The summed E-state index contributed by atoms with van der Waals surface area (Å²) in [7, 11) is 0. The van der Waals surface area contributed by atoms with Crippen LogP contribution in [-0.4, -0.2) is 255 Å². The van der Waals surface area contributed by atoms with Gasteiger partial charge in [-0.05, 0) is 92.3 Å². The molecule has 79 heavy (non-hydrogen) atoms. The first-order valence-electron chi connectivity index (χ1n) is 28.1. The van der Waals surface area contributed by atoms with Crippen molar-refractivity contribution in [2.75, 3.05) is 26.4 Å². The topological polar surface area (TPSA) is 415 Å². The summed E-state index contributed by atoms with van der Waals surface area (Å²) in [5, 5.41) is 174. The van der Waals surface area contributed by atoms with Gasteiger partial charge >= 0.3 is 5.97 Å². The van der Waals surface area contributed by atoms with Gasteiger partial charge in [0.1, 0.15) is 85.5 Å². The molecule has 0 radical (unpaired) electrons. The zero-order valence-electron chi connectivity index (χ0n) is 45.9. The molecule has 454 valence electrons. The van der Waals surface area contributed by atoms with Gasteiger partial charge in [-0.1, -0.05) is 53.2 Å². The zero-order valence-corrected chi connectivity index (χ0v) is 45.9. The molecule has 0 spiro atoms. The second-order valence-electron chi connectivity index (χ2n) is 26.2. The Hall–Kier alpha value is -1.71. The van der Waals surface area contributed by atoms with Crippen molar-refractivity contribution in [3.63, 3.8) is 0 Å². The van der Waals surface area contributed by atoms with Crippen LogP contribution in [0.5, 0.6) is 0 Å². The summed E-state index contributed by atoms with van der Waals surface area (Å²) in [4.78, 5) is 12.6. The molecule has 32 atom stereocenters. The number of aliphatic hydroxyl groups is 15. The molecular weight excluding hydrogens is 1050 g/mol. The molecule has 0 aromatic rings. The van der Waals surface area contributed by atoms with Crippen LogP contribution in [0.1, 0.15) is 99.8 Å². The number of aliphatic carboxylic acids is 1. The Balaban J connectivity index is 0.991. The lowest BCUT2D eigenvalue weighted by Gasteiger charge is -2.72. The molecule has 0 aromatic carbocycles. The summed E-state index contributed by atoms with van der Waals surface area (Å²) in [5.41, 5.74) is -3.01. The third-order valence-electron chi connectivity index (χ3n) is 22.1. The van der Waals surface area contributed by atoms with E-state index in [1.165, 1.54) is 12.5 Å². The predicted octanol–water partition coefficient (Wildman–Crippen LogP) is -3.53. The Morgan fingerprint density at radius 1 is 0.570 bits per heavy atom. The van der Waals surface area contributed by atoms with Gasteiger partial charge in [-0.15, -0.1) is 0 Å². The molecule has 9 rings (SSSR count). The maximum Gasteiger partial charge on any atom is 0.335 e. The number of rotatable bonds is 13. The number of allylic oxidation sites excluding steroid dienone is 2. The fourth-order valence-corrected chi connectivity index (χ4v) is 16.7. The van der Waals surface area contributed by atoms with Gasteiger partial charge in [0.15, 0.2) is 31.3 Å². The van der Waals surface area contributed by atoms with Crippen molar-refractivity contribution in [3.05, 3.63) is 11.6 Å². The average Bonchev–Trinajstić information content (AvgIpc) is 3.60. The summed E-state index contributed by atoms with van der Waals surface area (Å²) >= 11 is 0. The SMILES string of the molecule is CC1OC(OC2C(OC3C(OC4CCC5(C)C(CCC6(C)C5CC=C5C7CC(C)(CO)C(O)C(OC8OC(CO)C(O)C(O)C8O)C7(C)CCC56C)C4(C)CO)OC(C(=O)O)C(O)C3O)OC(CO)C(O)C2O)C(O)C(O)C1O. The third-order valence-corrected chi connectivity index (χ3v) is 22.1. The second-order valence-corrected chi connectivity index (χ2v) is 26.2. The van der Waals surface area contributed by atoms with E-state index in [1.54, 1.807) is 6.92 Å².